The first-order valence-corrected chi connectivity index (χ1v) is 8.25. The van der Waals surface area contributed by atoms with Crippen molar-refractivity contribution in [3.05, 3.63) is 29.0 Å². The minimum Gasteiger partial charge on any atom is -0.363 e. The molecule has 1 aliphatic carbocycles. The smallest absolute Gasteiger partial charge is 0.146 e. The highest BCUT2D eigenvalue weighted by molar-refractivity contribution is 6.30. The van der Waals surface area contributed by atoms with E-state index in [1.807, 2.05) is 0 Å². The number of hydrogen-bond acceptors (Lipinski definition) is 2. The molecule has 1 heterocycles. The lowest BCUT2D eigenvalue weighted by Gasteiger charge is -2.49. The monoisotopic (exact) mass is 310 g/mol. The van der Waals surface area contributed by atoms with Crippen molar-refractivity contribution in [3.8, 4) is 0 Å². The van der Waals surface area contributed by atoms with Gasteiger partial charge in [-0.25, -0.2) is 4.39 Å². The standard InChI is InChI=1S/C17H24ClFN2/c1-11(2)16-9-20-17(3,12-4-5-12)10-21(16)15-8-13(18)6-7-14(15)19/h6-8,11-12,16,20H,4-5,9-10H2,1-3H3. The molecule has 0 amide bonds. The van der Waals surface area contributed by atoms with E-state index in [1.54, 1.807) is 12.1 Å². The highest BCUT2D eigenvalue weighted by Crippen LogP contribution is 2.43. The largest absolute Gasteiger partial charge is 0.363 e. The first-order chi connectivity index (χ1) is 9.90. The van der Waals surface area contributed by atoms with Gasteiger partial charge in [-0.1, -0.05) is 25.4 Å². The average molecular weight is 311 g/mol. The van der Waals surface area contributed by atoms with Crippen molar-refractivity contribution in [3.63, 3.8) is 0 Å². The summed E-state index contributed by atoms with van der Waals surface area (Å²) in [6, 6.07) is 5.16. The van der Waals surface area contributed by atoms with Gasteiger partial charge < -0.3 is 10.2 Å². The number of anilines is 1. The summed E-state index contributed by atoms with van der Waals surface area (Å²) >= 11 is 6.10. The van der Waals surface area contributed by atoms with Crippen molar-refractivity contribution in [2.45, 2.75) is 45.2 Å². The van der Waals surface area contributed by atoms with Gasteiger partial charge in [-0.05, 0) is 49.8 Å². The fraction of sp³-hybridized carbons (Fsp3) is 0.647. The van der Waals surface area contributed by atoms with Gasteiger partial charge >= 0.3 is 0 Å². The fourth-order valence-corrected chi connectivity index (χ4v) is 3.70. The van der Waals surface area contributed by atoms with Crippen molar-refractivity contribution in [2.75, 3.05) is 18.0 Å². The molecule has 0 aromatic heterocycles. The molecule has 21 heavy (non-hydrogen) atoms. The zero-order chi connectivity index (χ0) is 15.2. The molecule has 0 radical (unpaired) electrons. The van der Waals surface area contributed by atoms with E-state index in [2.05, 4.69) is 31.0 Å². The number of piperazine rings is 1. The first-order valence-electron chi connectivity index (χ1n) is 7.87. The summed E-state index contributed by atoms with van der Waals surface area (Å²) in [6.07, 6.45) is 2.56. The summed E-state index contributed by atoms with van der Waals surface area (Å²) < 4.78 is 14.3. The molecule has 2 fully saturated rings. The molecule has 1 aromatic carbocycles. The second-order valence-corrected chi connectivity index (χ2v) is 7.54. The molecule has 2 nitrogen and oxygen atoms in total. The second-order valence-electron chi connectivity index (χ2n) is 7.11. The molecule has 1 saturated heterocycles. The molecule has 2 aliphatic rings. The summed E-state index contributed by atoms with van der Waals surface area (Å²) in [7, 11) is 0. The Labute approximate surface area is 131 Å². The zero-order valence-corrected chi connectivity index (χ0v) is 13.8. The van der Waals surface area contributed by atoms with Crippen molar-refractivity contribution in [1.82, 2.24) is 5.32 Å². The number of hydrogen-bond donors (Lipinski definition) is 1. The molecule has 1 aromatic rings. The summed E-state index contributed by atoms with van der Waals surface area (Å²) in [6.45, 7) is 8.41. The predicted octanol–water partition coefficient (Wildman–Crippen LogP) is 4.08. The van der Waals surface area contributed by atoms with E-state index in [0.29, 0.717) is 22.7 Å². The van der Waals surface area contributed by atoms with Crippen LogP contribution >= 0.6 is 11.6 Å². The summed E-state index contributed by atoms with van der Waals surface area (Å²) in [4.78, 5) is 2.24. The minimum absolute atomic E-state index is 0.0835. The Morgan fingerprint density at radius 2 is 2.10 bits per heavy atom. The Kier molecular flexibility index (Phi) is 3.91. The molecule has 0 bridgehead atoms. The van der Waals surface area contributed by atoms with Gasteiger partial charge in [0.15, 0.2) is 0 Å². The van der Waals surface area contributed by atoms with Gasteiger partial charge in [-0.15, -0.1) is 0 Å². The van der Waals surface area contributed by atoms with Crippen LogP contribution in [0.3, 0.4) is 0 Å². The highest BCUT2D eigenvalue weighted by Gasteiger charge is 2.46. The van der Waals surface area contributed by atoms with E-state index in [9.17, 15) is 4.39 Å². The lowest BCUT2D eigenvalue weighted by atomic mass is 9.87. The van der Waals surface area contributed by atoms with Gasteiger partial charge in [-0.2, -0.15) is 0 Å². The molecule has 2 atom stereocenters. The van der Waals surface area contributed by atoms with Crippen molar-refractivity contribution in [2.24, 2.45) is 11.8 Å². The average Bonchev–Trinajstić information content (AvgIpc) is 3.26. The van der Waals surface area contributed by atoms with Crippen molar-refractivity contribution < 1.29 is 4.39 Å². The minimum atomic E-state index is -0.176. The summed E-state index contributed by atoms with van der Waals surface area (Å²) in [5.41, 5.74) is 0.731. The van der Waals surface area contributed by atoms with Crippen LogP contribution < -0.4 is 10.2 Å². The van der Waals surface area contributed by atoms with Gasteiger partial charge in [0.25, 0.3) is 0 Å². The maximum absolute atomic E-state index is 14.3. The quantitative estimate of drug-likeness (QED) is 0.905. The predicted molar refractivity (Wildman–Crippen MR) is 86.5 cm³/mol. The molecular formula is C17H24ClFN2. The fourth-order valence-electron chi connectivity index (χ4n) is 3.53. The zero-order valence-electron chi connectivity index (χ0n) is 13.0. The van der Waals surface area contributed by atoms with Crippen LogP contribution in [0.1, 0.15) is 33.6 Å². The molecule has 1 saturated carbocycles. The Morgan fingerprint density at radius 1 is 1.38 bits per heavy atom. The number of benzene rings is 1. The van der Waals surface area contributed by atoms with E-state index < -0.39 is 0 Å². The van der Waals surface area contributed by atoms with Gasteiger partial charge in [0.2, 0.25) is 0 Å². The topological polar surface area (TPSA) is 15.3 Å². The normalized spacial score (nSPS) is 30.0. The number of nitrogens with one attached hydrogen (secondary N) is 1. The highest BCUT2D eigenvalue weighted by atomic mass is 35.5. The molecule has 4 heteroatoms. The second kappa shape index (κ2) is 5.44. The van der Waals surface area contributed by atoms with E-state index in [-0.39, 0.29) is 11.4 Å². The van der Waals surface area contributed by atoms with Crippen LogP contribution in [-0.4, -0.2) is 24.7 Å². The van der Waals surface area contributed by atoms with Crippen LogP contribution in [0, 0.1) is 17.7 Å². The van der Waals surface area contributed by atoms with Crippen LogP contribution in [0.25, 0.3) is 0 Å². The molecule has 116 valence electrons. The van der Waals surface area contributed by atoms with Gasteiger partial charge in [0.1, 0.15) is 5.82 Å². The van der Waals surface area contributed by atoms with Crippen molar-refractivity contribution in [1.29, 1.82) is 0 Å². The van der Waals surface area contributed by atoms with E-state index >= 15 is 0 Å². The Hall–Kier alpha value is -0.800. The van der Waals surface area contributed by atoms with E-state index in [1.165, 1.54) is 18.9 Å². The van der Waals surface area contributed by atoms with Crippen LogP contribution in [0.15, 0.2) is 18.2 Å². The van der Waals surface area contributed by atoms with Crippen LogP contribution in [0.2, 0.25) is 5.02 Å². The van der Waals surface area contributed by atoms with Gasteiger partial charge in [0, 0.05) is 29.7 Å². The molecular weight excluding hydrogens is 287 g/mol. The summed E-state index contributed by atoms with van der Waals surface area (Å²) in [5, 5.41) is 4.32. The number of rotatable bonds is 3. The molecule has 1 aliphatic heterocycles. The third-order valence-electron chi connectivity index (χ3n) is 5.08. The number of nitrogens with zero attached hydrogens (tertiary/aromatic N) is 1. The third-order valence-corrected chi connectivity index (χ3v) is 5.31. The summed E-state index contributed by atoms with van der Waals surface area (Å²) in [5.74, 6) is 1.00. The van der Waals surface area contributed by atoms with E-state index in [0.717, 1.165) is 19.0 Å². The lowest BCUT2D eigenvalue weighted by Crippen LogP contribution is -2.65. The first kappa shape index (κ1) is 15.1. The van der Waals surface area contributed by atoms with Gasteiger partial charge in [0.05, 0.1) is 5.69 Å². The van der Waals surface area contributed by atoms with Crippen LogP contribution in [0.5, 0.6) is 0 Å². The maximum Gasteiger partial charge on any atom is 0.146 e. The van der Waals surface area contributed by atoms with Crippen LogP contribution in [0.4, 0.5) is 10.1 Å². The Morgan fingerprint density at radius 3 is 2.71 bits per heavy atom. The van der Waals surface area contributed by atoms with E-state index in [4.69, 9.17) is 11.6 Å². The Balaban J connectivity index is 1.95. The Bertz CT molecular complexity index is 530. The SMILES string of the molecule is CC(C)C1CNC(C)(C2CC2)CN1c1cc(Cl)ccc1F. The lowest BCUT2D eigenvalue weighted by molar-refractivity contribution is 0.232. The molecule has 2 unspecified atom stereocenters. The van der Waals surface area contributed by atoms with Crippen LogP contribution in [-0.2, 0) is 0 Å². The van der Waals surface area contributed by atoms with Crippen molar-refractivity contribution >= 4 is 17.3 Å². The maximum atomic E-state index is 14.3. The third kappa shape index (κ3) is 2.91. The van der Waals surface area contributed by atoms with Gasteiger partial charge in [-0.3, -0.25) is 0 Å². The molecule has 0 spiro atoms. The molecule has 3 rings (SSSR count). The molecule has 1 N–H and O–H groups in total. The number of halogens is 2.